The average molecular weight is 294 g/mol. The van der Waals surface area contributed by atoms with Gasteiger partial charge in [0.2, 0.25) is 0 Å². The lowest BCUT2D eigenvalue weighted by Gasteiger charge is -2.31. The van der Waals surface area contributed by atoms with Gasteiger partial charge in [0.15, 0.2) is 0 Å². The topological polar surface area (TPSA) is 49.3 Å². The quantitative estimate of drug-likeness (QED) is 0.818. The second kappa shape index (κ2) is 6.31. The summed E-state index contributed by atoms with van der Waals surface area (Å²) in [6.07, 6.45) is 3.93. The van der Waals surface area contributed by atoms with Crippen molar-refractivity contribution in [3.63, 3.8) is 0 Å². The number of para-hydroxylation sites is 1. The number of aliphatic carboxylic acids is 1. The number of nitrogens with one attached hydrogen (secondary N) is 1. The summed E-state index contributed by atoms with van der Waals surface area (Å²) in [6.45, 7) is 4.20. The summed E-state index contributed by atoms with van der Waals surface area (Å²) in [5.41, 5.74) is 1.95. The van der Waals surface area contributed by atoms with Crippen molar-refractivity contribution in [1.82, 2.24) is 0 Å². The van der Waals surface area contributed by atoms with Crippen molar-refractivity contribution in [2.24, 2.45) is 11.8 Å². The number of benzene rings is 1. The molecule has 1 aliphatic rings. The molecule has 0 saturated carbocycles. The normalized spacial score (nSPS) is 23.9. The predicted octanol–water partition coefficient (Wildman–Crippen LogP) is 4.20. The number of halogens is 1. The molecule has 2 rings (SSSR count). The lowest BCUT2D eigenvalue weighted by molar-refractivity contribution is -0.139. The van der Waals surface area contributed by atoms with Crippen molar-refractivity contribution in [2.45, 2.75) is 32.7 Å². The van der Waals surface area contributed by atoms with Gasteiger partial charge < -0.3 is 10.4 Å². The maximum atomic E-state index is 11.6. The van der Waals surface area contributed by atoms with Crippen LogP contribution in [0.2, 0.25) is 5.02 Å². The summed E-state index contributed by atoms with van der Waals surface area (Å²) >= 11 is 6.10. The number of anilines is 1. The van der Waals surface area contributed by atoms with Crippen LogP contribution in [0.25, 0.3) is 0 Å². The monoisotopic (exact) mass is 293 g/mol. The van der Waals surface area contributed by atoms with Gasteiger partial charge in [-0.15, -0.1) is 0 Å². The van der Waals surface area contributed by atoms with Gasteiger partial charge in [-0.25, -0.2) is 4.79 Å². The van der Waals surface area contributed by atoms with Gasteiger partial charge in [0.1, 0.15) is 6.04 Å². The molecule has 2 N–H and O–H groups in total. The fourth-order valence-electron chi connectivity index (χ4n) is 2.98. The lowest BCUT2D eigenvalue weighted by Crippen LogP contribution is -2.39. The molecule has 0 aromatic heterocycles. The van der Waals surface area contributed by atoms with Crippen LogP contribution in [0.5, 0.6) is 0 Å². The van der Waals surface area contributed by atoms with Crippen molar-refractivity contribution >= 4 is 23.3 Å². The third kappa shape index (κ3) is 3.54. The Morgan fingerprint density at radius 1 is 1.45 bits per heavy atom. The number of hydrogen-bond donors (Lipinski definition) is 2. The Hall–Kier alpha value is -1.48. The molecule has 0 bridgehead atoms. The Labute approximate surface area is 124 Å². The molecule has 4 heteroatoms. The zero-order valence-electron chi connectivity index (χ0n) is 11.8. The van der Waals surface area contributed by atoms with Crippen molar-refractivity contribution in [3.8, 4) is 0 Å². The molecule has 20 heavy (non-hydrogen) atoms. The van der Waals surface area contributed by atoms with E-state index in [2.05, 4.69) is 25.2 Å². The van der Waals surface area contributed by atoms with Crippen LogP contribution in [-0.2, 0) is 4.79 Å². The molecule has 1 aromatic rings. The Morgan fingerprint density at radius 2 is 2.15 bits per heavy atom. The molecule has 3 nitrogen and oxygen atoms in total. The minimum absolute atomic E-state index is 0.0868. The van der Waals surface area contributed by atoms with Gasteiger partial charge in [-0.1, -0.05) is 42.3 Å². The number of rotatable bonds is 4. The number of carboxylic acid groups (broad SMARTS) is 1. The molecule has 108 valence electrons. The van der Waals surface area contributed by atoms with E-state index in [4.69, 9.17) is 11.6 Å². The first-order valence-electron chi connectivity index (χ1n) is 6.88. The van der Waals surface area contributed by atoms with Gasteiger partial charge >= 0.3 is 5.97 Å². The number of hydrogen-bond acceptors (Lipinski definition) is 2. The zero-order chi connectivity index (χ0) is 14.7. The molecule has 3 unspecified atom stereocenters. The van der Waals surface area contributed by atoms with Crippen LogP contribution in [-0.4, -0.2) is 17.1 Å². The molecule has 0 spiro atoms. The van der Waals surface area contributed by atoms with Crippen molar-refractivity contribution < 1.29 is 9.90 Å². The maximum Gasteiger partial charge on any atom is 0.326 e. The number of carbonyl (C=O) groups is 1. The van der Waals surface area contributed by atoms with Gasteiger partial charge in [-0.05, 0) is 43.7 Å². The maximum absolute atomic E-state index is 11.6. The first-order chi connectivity index (χ1) is 9.47. The molecule has 0 fully saturated rings. The van der Waals surface area contributed by atoms with Gasteiger partial charge in [0.05, 0.1) is 10.7 Å². The van der Waals surface area contributed by atoms with E-state index < -0.39 is 12.0 Å². The lowest BCUT2D eigenvalue weighted by atomic mass is 9.79. The Kier molecular flexibility index (Phi) is 4.71. The standard InChI is InChI=1S/C16H20ClNO2/c1-10-7-11(2)9-12(8-10)15(16(19)20)18-14-6-4-3-5-13(14)17/h3-7,10,12,15,18H,8-9H2,1-2H3,(H,19,20). The highest BCUT2D eigenvalue weighted by Crippen LogP contribution is 2.32. The van der Waals surface area contributed by atoms with E-state index >= 15 is 0 Å². The third-order valence-corrected chi connectivity index (χ3v) is 4.08. The SMILES string of the molecule is CC1=CC(C)CC(C(Nc2ccccc2Cl)C(=O)O)C1. The molecule has 0 aliphatic heterocycles. The van der Waals surface area contributed by atoms with Gasteiger partial charge in [-0.2, -0.15) is 0 Å². The van der Waals surface area contributed by atoms with Crippen LogP contribution >= 0.6 is 11.6 Å². The Bertz CT molecular complexity index is 527. The van der Waals surface area contributed by atoms with Crippen LogP contribution in [0.1, 0.15) is 26.7 Å². The van der Waals surface area contributed by atoms with E-state index in [9.17, 15) is 9.90 Å². The molecule has 3 atom stereocenters. The summed E-state index contributed by atoms with van der Waals surface area (Å²) in [6, 6.07) is 6.65. The largest absolute Gasteiger partial charge is 0.480 e. The number of carboxylic acids is 1. The van der Waals surface area contributed by atoms with Crippen LogP contribution in [0.15, 0.2) is 35.9 Å². The highest BCUT2D eigenvalue weighted by atomic mass is 35.5. The van der Waals surface area contributed by atoms with Crippen LogP contribution in [0.3, 0.4) is 0 Å². The Morgan fingerprint density at radius 3 is 2.75 bits per heavy atom. The van der Waals surface area contributed by atoms with E-state index in [1.165, 1.54) is 5.57 Å². The van der Waals surface area contributed by atoms with Crippen LogP contribution in [0.4, 0.5) is 5.69 Å². The molecule has 1 aromatic carbocycles. The number of allylic oxidation sites excluding steroid dienone is 2. The minimum Gasteiger partial charge on any atom is -0.480 e. The summed E-state index contributed by atoms with van der Waals surface area (Å²) in [5.74, 6) is -0.316. The Balaban J connectivity index is 2.18. The van der Waals surface area contributed by atoms with E-state index in [-0.39, 0.29) is 5.92 Å². The molecular formula is C16H20ClNO2. The fraction of sp³-hybridized carbons (Fsp3) is 0.438. The summed E-state index contributed by atoms with van der Waals surface area (Å²) in [5, 5.41) is 13.2. The zero-order valence-corrected chi connectivity index (χ0v) is 12.5. The van der Waals surface area contributed by atoms with E-state index in [1.54, 1.807) is 6.07 Å². The highest BCUT2D eigenvalue weighted by Gasteiger charge is 2.31. The molecule has 0 amide bonds. The summed E-state index contributed by atoms with van der Waals surface area (Å²) < 4.78 is 0. The molecule has 0 saturated heterocycles. The highest BCUT2D eigenvalue weighted by molar-refractivity contribution is 6.33. The second-order valence-electron chi connectivity index (χ2n) is 5.63. The van der Waals surface area contributed by atoms with E-state index in [1.807, 2.05) is 18.2 Å². The summed E-state index contributed by atoms with van der Waals surface area (Å²) in [4.78, 5) is 11.6. The minimum atomic E-state index is -0.822. The van der Waals surface area contributed by atoms with Gasteiger partial charge in [0.25, 0.3) is 0 Å². The van der Waals surface area contributed by atoms with Crippen molar-refractivity contribution in [3.05, 3.63) is 40.9 Å². The second-order valence-corrected chi connectivity index (χ2v) is 6.04. The molecule has 1 aliphatic carbocycles. The smallest absolute Gasteiger partial charge is 0.326 e. The summed E-state index contributed by atoms with van der Waals surface area (Å²) in [7, 11) is 0. The molecule has 0 radical (unpaired) electrons. The third-order valence-electron chi connectivity index (χ3n) is 3.75. The molecule has 0 heterocycles. The van der Waals surface area contributed by atoms with Crippen LogP contribution in [0, 0.1) is 11.8 Å². The first kappa shape index (κ1) is 14.9. The van der Waals surface area contributed by atoms with Crippen LogP contribution < -0.4 is 5.32 Å². The molecular weight excluding hydrogens is 274 g/mol. The van der Waals surface area contributed by atoms with Gasteiger partial charge in [-0.3, -0.25) is 0 Å². The first-order valence-corrected chi connectivity index (χ1v) is 7.26. The van der Waals surface area contributed by atoms with Crippen molar-refractivity contribution in [2.75, 3.05) is 5.32 Å². The van der Waals surface area contributed by atoms with Crippen molar-refractivity contribution in [1.29, 1.82) is 0 Å². The fourth-order valence-corrected chi connectivity index (χ4v) is 3.17. The van der Waals surface area contributed by atoms with E-state index in [0.717, 1.165) is 12.8 Å². The predicted molar refractivity (Wildman–Crippen MR) is 82.1 cm³/mol. The van der Waals surface area contributed by atoms with E-state index in [0.29, 0.717) is 16.6 Å². The average Bonchev–Trinajstić information content (AvgIpc) is 2.36. The van der Waals surface area contributed by atoms with Gasteiger partial charge in [0, 0.05) is 0 Å².